The van der Waals surface area contributed by atoms with Crippen molar-refractivity contribution in [2.45, 2.75) is 19.4 Å². The normalized spacial score (nSPS) is 11.6. The standard InChI is InChI=1S/C27H25N3O4/c1-18(20-6-4-3-5-7-20)34-27(33)29-26-24(17-28-30(26)2)23-14-12-22(13-15-23)21-10-8-19(9-11-21)16-25(31)32/h3-15,17-18H,16H2,1-2H3,(H,29,33)(H,31,32)/t18-/m1/s1. The topological polar surface area (TPSA) is 93.4 Å². The van der Waals surface area contributed by atoms with Gasteiger partial charge in [0, 0.05) is 12.6 Å². The van der Waals surface area contributed by atoms with Gasteiger partial charge in [0.2, 0.25) is 0 Å². The molecule has 4 rings (SSSR count). The molecular weight excluding hydrogens is 430 g/mol. The second kappa shape index (κ2) is 10.0. The predicted molar refractivity (Wildman–Crippen MR) is 130 cm³/mol. The summed E-state index contributed by atoms with van der Waals surface area (Å²) in [4.78, 5) is 23.4. The van der Waals surface area contributed by atoms with Crippen molar-refractivity contribution in [3.05, 3.63) is 96.2 Å². The summed E-state index contributed by atoms with van der Waals surface area (Å²) in [6.45, 7) is 1.83. The van der Waals surface area contributed by atoms with Gasteiger partial charge in [-0.15, -0.1) is 0 Å². The maximum absolute atomic E-state index is 12.6. The third-order valence-corrected chi connectivity index (χ3v) is 5.55. The minimum Gasteiger partial charge on any atom is -0.481 e. The average Bonchev–Trinajstić information content (AvgIpc) is 3.19. The molecule has 0 spiro atoms. The summed E-state index contributed by atoms with van der Waals surface area (Å²) >= 11 is 0. The second-order valence-corrected chi connectivity index (χ2v) is 7.96. The van der Waals surface area contributed by atoms with Gasteiger partial charge < -0.3 is 9.84 Å². The molecule has 0 saturated heterocycles. The first-order valence-electron chi connectivity index (χ1n) is 10.9. The van der Waals surface area contributed by atoms with Crippen molar-refractivity contribution in [2.75, 3.05) is 5.32 Å². The van der Waals surface area contributed by atoms with Gasteiger partial charge in [-0.2, -0.15) is 5.10 Å². The first kappa shape index (κ1) is 22.8. The summed E-state index contributed by atoms with van der Waals surface area (Å²) in [5.74, 6) is -0.313. The molecule has 0 aliphatic carbocycles. The quantitative estimate of drug-likeness (QED) is 0.373. The zero-order valence-electron chi connectivity index (χ0n) is 18.9. The van der Waals surface area contributed by atoms with Gasteiger partial charge in [-0.3, -0.25) is 14.8 Å². The molecule has 0 fully saturated rings. The van der Waals surface area contributed by atoms with Gasteiger partial charge in [0.05, 0.1) is 12.6 Å². The van der Waals surface area contributed by atoms with Gasteiger partial charge in [-0.1, -0.05) is 78.9 Å². The lowest BCUT2D eigenvalue weighted by Gasteiger charge is -2.15. The first-order valence-corrected chi connectivity index (χ1v) is 10.9. The number of ether oxygens (including phenoxy) is 1. The lowest BCUT2D eigenvalue weighted by Crippen LogP contribution is -2.18. The van der Waals surface area contributed by atoms with E-state index in [2.05, 4.69) is 10.4 Å². The smallest absolute Gasteiger partial charge is 0.413 e. The van der Waals surface area contributed by atoms with Crippen LogP contribution in [0.2, 0.25) is 0 Å². The van der Waals surface area contributed by atoms with Crippen LogP contribution in [0, 0.1) is 0 Å². The molecule has 1 amide bonds. The lowest BCUT2D eigenvalue weighted by atomic mass is 10.00. The van der Waals surface area contributed by atoms with E-state index in [0.29, 0.717) is 5.82 Å². The summed E-state index contributed by atoms with van der Waals surface area (Å²) < 4.78 is 7.13. The van der Waals surface area contributed by atoms with Crippen LogP contribution in [0.25, 0.3) is 22.3 Å². The van der Waals surface area contributed by atoms with Crippen LogP contribution in [0.15, 0.2) is 85.1 Å². The molecule has 4 aromatic rings. The Balaban J connectivity index is 1.48. The number of nitrogens with one attached hydrogen (secondary N) is 1. The average molecular weight is 456 g/mol. The second-order valence-electron chi connectivity index (χ2n) is 7.96. The molecule has 0 unspecified atom stereocenters. The Morgan fingerprint density at radius 1 is 0.941 bits per heavy atom. The maximum atomic E-state index is 12.6. The predicted octanol–water partition coefficient (Wildman–Crippen LogP) is 5.69. The Morgan fingerprint density at radius 3 is 2.15 bits per heavy atom. The van der Waals surface area contributed by atoms with E-state index in [1.807, 2.05) is 85.8 Å². The van der Waals surface area contributed by atoms with Crippen LogP contribution >= 0.6 is 0 Å². The Bertz CT molecular complexity index is 1280. The number of carboxylic acid groups (broad SMARTS) is 1. The number of anilines is 1. The number of aromatic nitrogens is 2. The van der Waals surface area contributed by atoms with Crippen LogP contribution in [0.1, 0.15) is 24.2 Å². The fourth-order valence-corrected chi connectivity index (χ4v) is 3.71. The monoisotopic (exact) mass is 455 g/mol. The van der Waals surface area contributed by atoms with E-state index in [9.17, 15) is 9.59 Å². The van der Waals surface area contributed by atoms with Crippen molar-refractivity contribution < 1.29 is 19.4 Å². The zero-order chi connectivity index (χ0) is 24.1. The van der Waals surface area contributed by atoms with Crippen LogP contribution in [0.5, 0.6) is 0 Å². The SMILES string of the molecule is C[C@@H](OC(=O)Nc1c(-c2ccc(-c3ccc(CC(=O)O)cc3)cc2)cnn1C)c1ccccc1. The Morgan fingerprint density at radius 2 is 1.53 bits per heavy atom. The molecule has 0 bridgehead atoms. The highest BCUT2D eigenvalue weighted by molar-refractivity contribution is 5.90. The highest BCUT2D eigenvalue weighted by Gasteiger charge is 2.17. The number of carbonyl (C=O) groups excluding carboxylic acids is 1. The Labute approximate surface area is 197 Å². The van der Waals surface area contributed by atoms with E-state index in [1.165, 1.54) is 0 Å². The molecule has 172 valence electrons. The van der Waals surface area contributed by atoms with E-state index in [1.54, 1.807) is 17.9 Å². The number of amides is 1. The van der Waals surface area contributed by atoms with E-state index in [0.717, 1.165) is 33.4 Å². The number of nitrogens with zero attached hydrogens (tertiary/aromatic N) is 2. The molecule has 2 N–H and O–H groups in total. The molecule has 1 aromatic heterocycles. The number of rotatable bonds is 7. The number of benzene rings is 3. The van der Waals surface area contributed by atoms with Crippen molar-refractivity contribution >= 4 is 17.9 Å². The summed E-state index contributed by atoms with van der Waals surface area (Å²) in [5, 5.41) is 16.0. The van der Waals surface area contributed by atoms with E-state index in [4.69, 9.17) is 9.84 Å². The van der Waals surface area contributed by atoms with Gasteiger partial charge in [-0.05, 0) is 34.7 Å². The highest BCUT2D eigenvalue weighted by atomic mass is 16.6. The summed E-state index contributed by atoms with van der Waals surface area (Å²) in [6, 6.07) is 24.9. The van der Waals surface area contributed by atoms with Crippen LogP contribution in [-0.4, -0.2) is 26.9 Å². The summed E-state index contributed by atoms with van der Waals surface area (Å²) in [5.41, 5.74) is 5.33. The van der Waals surface area contributed by atoms with Crippen molar-refractivity contribution in [3.63, 3.8) is 0 Å². The molecule has 1 heterocycles. The van der Waals surface area contributed by atoms with Crippen molar-refractivity contribution in [2.24, 2.45) is 7.05 Å². The molecular formula is C27H25N3O4. The van der Waals surface area contributed by atoms with E-state index < -0.39 is 12.1 Å². The maximum Gasteiger partial charge on any atom is 0.413 e. The third-order valence-electron chi connectivity index (χ3n) is 5.55. The number of aliphatic carboxylic acids is 1. The van der Waals surface area contributed by atoms with Crippen LogP contribution in [0.3, 0.4) is 0 Å². The number of hydrogen-bond acceptors (Lipinski definition) is 4. The molecule has 7 nitrogen and oxygen atoms in total. The molecule has 0 saturated carbocycles. The third kappa shape index (κ3) is 5.32. The van der Waals surface area contributed by atoms with Gasteiger partial charge >= 0.3 is 12.1 Å². The largest absolute Gasteiger partial charge is 0.481 e. The minimum absolute atomic E-state index is 0.00254. The van der Waals surface area contributed by atoms with E-state index in [-0.39, 0.29) is 12.5 Å². The molecule has 34 heavy (non-hydrogen) atoms. The molecule has 0 radical (unpaired) electrons. The van der Waals surface area contributed by atoms with Crippen LogP contribution in [-0.2, 0) is 23.0 Å². The lowest BCUT2D eigenvalue weighted by molar-refractivity contribution is -0.136. The summed E-state index contributed by atoms with van der Waals surface area (Å²) in [6.07, 6.45) is 0.757. The molecule has 0 aliphatic rings. The molecule has 1 atom stereocenters. The van der Waals surface area contributed by atoms with Crippen molar-refractivity contribution in [1.29, 1.82) is 0 Å². The van der Waals surface area contributed by atoms with Crippen molar-refractivity contribution in [3.8, 4) is 22.3 Å². The van der Waals surface area contributed by atoms with Crippen molar-refractivity contribution in [1.82, 2.24) is 9.78 Å². The van der Waals surface area contributed by atoms with Gasteiger partial charge in [0.1, 0.15) is 11.9 Å². The number of carbonyl (C=O) groups is 2. The van der Waals surface area contributed by atoms with Crippen LogP contribution < -0.4 is 5.32 Å². The van der Waals surface area contributed by atoms with E-state index >= 15 is 0 Å². The Kier molecular flexibility index (Phi) is 6.73. The first-order chi connectivity index (χ1) is 16.4. The van der Waals surface area contributed by atoms with Gasteiger partial charge in [-0.25, -0.2) is 4.79 Å². The molecule has 0 aliphatic heterocycles. The molecule has 3 aromatic carbocycles. The van der Waals surface area contributed by atoms with Gasteiger partial charge in [0.25, 0.3) is 0 Å². The number of carboxylic acids is 1. The fraction of sp³-hybridized carbons (Fsp3) is 0.148. The fourth-order valence-electron chi connectivity index (χ4n) is 3.71. The number of hydrogen-bond donors (Lipinski definition) is 2. The summed E-state index contributed by atoms with van der Waals surface area (Å²) in [7, 11) is 1.76. The highest BCUT2D eigenvalue weighted by Crippen LogP contribution is 2.30. The number of aryl methyl sites for hydroxylation is 1. The van der Waals surface area contributed by atoms with Crippen LogP contribution in [0.4, 0.5) is 10.6 Å². The Hall–Kier alpha value is -4.39. The molecule has 7 heteroatoms. The zero-order valence-corrected chi connectivity index (χ0v) is 18.9. The van der Waals surface area contributed by atoms with Gasteiger partial charge in [0.15, 0.2) is 0 Å². The minimum atomic E-state index is -0.851.